The van der Waals surface area contributed by atoms with E-state index < -0.39 is 17.5 Å². The van der Waals surface area contributed by atoms with Crippen LogP contribution in [0.3, 0.4) is 0 Å². The molecule has 0 unspecified atom stereocenters. The second-order valence-electron chi connectivity index (χ2n) is 4.77. The van der Waals surface area contributed by atoms with Crippen LogP contribution < -0.4 is 0 Å². The minimum Gasteiger partial charge on any atom is -0.507 e. The highest BCUT2D eigenvalue weighted by Gasteiger charge is 2.34. The van der Waals surface area contributed by atoms with Gasteiger partial charge in [0.25, 0.3) is 0 Å². The fourth-order valence-electron chi connectivity index (χ4n) is 2.20. The van der Waals surface area contributed by atoms with Crippen LogP contribution in [0.1, 0.15) is 18.1 Å². The van der Waals surface area contributed by atoms with Crippen LogP contribution in [0.5, 0.6) is 5.75 Å². The fraction of sp³-hybridized carbons (Fsp3) is 0.538. The van der Waals surface area contributed by atoms with Crippen molar-refractivity contribution in [1.82, 2.24) is 4.90 Å². The summed E-state index contributed by atoms with van der Waals surface area (Å²) in [4.78, 5) is 2.04. The van der Waals surface area contributed by atoms with Gasteiger partial charge in [-0.05, 0) is 24.6 Å². The highest BCUT2D eigenvalue weighted by Crippen LogP contribution is 2.36. The number of phenols is 1. The number of hydrogen-bond donors (Lipinski definition) is 1. The molecule has 0 aliphatic carbocycles. The Labute approximate surface area is 109 Å². The van der Waals surface area contributed by atoms with Gasteiger partial charge in [0.1, 0.15) is 5.75 Å². The summed E-state index contributed by atoms with van der Waals surface area (Å²) < 4.78 is 43.4. The van der Waals surface area contributed by atoms with Crippen molar-refractivity contribution >= 4 is 0 Å². The quantitative estimate of drug-likeness (QED) is 0.900. The third kappa shape index (κ3) is 3.61. The number of nitrogens with zero attached hydrogens (tertiary/aromatic N) is 1. The van der Waals surface area contributed by atoms with Gasteiger partial charge in [0.2, 0.25) is 0 Å². The fourth-order valence-corrected chi connectivity index (χ4v) is 2.20. The molecule has 0 bridgehead atoms. The van der Waals surface area contributed by atoms with Gasteiger partial charge < -0.3 is 9.84 Å². The zero-order chi connectivity index (χ0) is 14.0. The zero-order valence-electron chi connectivity index (χ0n) is 10.6. The molecule has 1 heterocycles. The van der Waals surface area contributed by atoms with Crippen LogP contribution in [0.2, 0.25) is 0 Å². The van der Waals surface area contributed by atoms with Crippen LogP contribution in [-0.4, -0.2) is 35.8 Å². The molecule has 1 aliphatic heterocycles. The van der Waals surface area contributed by atoms with E-state index >= 15 is 0 Å². The first-order valence-corrected chi connectivity index (χ1v) is 6.09. The molecule has 106 valence electrons. The molecule has 0 saturated carbocycles. The van der Waals surface area contributed by atoms with E-state index in [9.17, 15) is 18.3 Å². The molecule has 6 heteroatoms. The molecule has 0 amide bonds. The van der Waals surface area contributed by atoms with Gasteiger partial charge in [-0.25, -0.2) is 0 Å². The minimum atomic E-state index is -4.53. The molecule has 1 saturated heterocycles. The molecule has 3 nitrogen and oxygen atoms in total. The average Bonchev–Trinajstić information content (AvgIpc) is 2.30. The highest BCUT2D eigenvalue weighted by molar-refractivity contribution is 5.38. The number of alkyl halides is 3. The van der Waals surface area contributed by atoms with Gasteiger partial charge in [-0.15, -0.1) is 0 Å². The van der Waals surface area contributed by atoms with E-state index in [-0.39, 0.29) is 6.10 Å². The maximum Gasteiger partial charge on any atom is 0.419 e. The first-order valence-electron chi connectivity index (χ1n) is 6.09. The summed E-state index contributed by atoms with van der Waals surface area (Å²) in [5.41, 5.74) is -0.439. The SMILES string of the molecule is C[C@@H]1CN(Cc2ccc(O)c(C(F)(F)F)c2)CCO1. The summed E-state index contributed by atoms with van der Waals surface area (Å²) >= 11 is 0. The molecular formula is C13H16F3NO2. The van der Waals surface area contributed by atoms with Crippen molar-refractivity contribution < 1.29 is 23.0 Å². The second-order valence-corrected chi connectivity index (χ2v) is 4.77. The Morgan fingerprint density at radius 3 is 2.79 bits per heavy atom. The Kier molecular flexibility index (Phi) is 4.01. The number of aromatic hydroxyl groups is 1. The van der Waals surface area contributed by atoms with Crippen LogP contribution >= 0.6 is 0 Å². The van der Waals surface area contributed by atoms with Crippen LogP contribution in [0.25, 0.3) is 0 Å². The monoisotopic (exact) mass is 275 g/mol. The normalized spacial score (nSPS) is 21.6. The summed E-state index contributed by atoms with van der Waals surface area (Å²) in [7, 11) is 0. The van der Waals surface area contributed by atoms with Crippen molar-refractivity contribution in [3.63, 3.8) is 0 Å². The molecule has 1 N–H and O–H groups in total. The van der Waals surface area contributed by atoms with Crippen molar-refractivity contribution in [2.24, 2.45) is 0 Å². The third-order valence-electron chi connectivity index (χ3n) is 3.10. The predicted molar refractivity (Wildman–Crippen MR) is 63.8 cm³/mol. The molecule has 1 aromatic rings. The number of phenolic OH excluding ortho intramolecular Hbond substituents is 1. The van der Waals surface area contributed by atoms with E-state index in [1.807, 2.05) is 11.8 Å². The van der Waals surface area contributed by atoms with Crippen LogP contribution in [0.4, 0.5) is 13.2 Å². The third-order valence-corrected chi connectivity index (χ3v) is 3.10. The molecule has 1 atom stereocenters. The largest absolute Gasteiger partial charge is 0.507 e. The van der Waals surface area contributed by atoms with Crippen LogP contribution in [-0.2, 0) is 17.5 Å². The first kappa shape index (κ1) is 14.1. The number of halogens is 3. The van der Waals surface area contributed by atoms with E-state index in [4.69, 9.17) is 4.74 Å². The number of hydrogen-bond acceptors (Lipinski definition) is 3. The summed E-state index contributed by atoms with van der Waals surface area (Å²) in [6, 6.07) is 3.63. The lowest BCUT2D eigenvalue weighted by atomic mass is 10.1. The molecule has 0 radical (unpaired) electrons. The maximum absolute atomic E-state index is 12.7. The molecule has 1 fully saturated rings. The van der Waals surface area contributed by atoms with Crippen LogP contribution in [0.15, 0.2) is 18.2 Å². The van der Waals surface area contributed by atoms with Gasteiger partial charge in [0.15, 0.2) is 0 Å². The second kappa shape index (κ2) is 5.38. The summed E-state index contributed by atoms with van der Waals surface area (Å²) in [6.45, 7) is 4.35. The van der Waals surface area contributed by atoms with E-state index in [0.29, 0.717) is 31.8 Å². The van der Waals surface area contributed by atoms with E-state index in [0.717, 1.165) is 12.1 Å². The van der Waals surface area contributed by atoms with E-state index in [2.05, 4.69) is 0 Å². The minimum absolute atomic E-state index is 0.0907. The number of morpholine rings is 1. The molecule has 0 aromatic heterocycles. The molecule has 2 rings (SSSR count). The van der Waals surface area contributed by atoms with Crippen molar-refractivity contribution in [2.45, 2.75) is 25.7 Å². The average molecular weight is 275 g/mol. The van der Waals surface area contributed by atoms with Gasteiger partial charge >= 0.3 is 6.18 Å². The Morgan fingerprint density at radius 1 is 1.42 bits per heavy atom. The van der Waals surface area contributed by atoms with E-state index in [1.54, 1.807) is 0 Å². The van der Waals surface area contributed by atoms with Gasteiger partial charge in [-0.1, -0.05) is 6.07 Å². The van der Waals surface area contributed by atoms with Gasteiger partial charge in [0, 0.05) is 19.6 Å². The number of rotatable bonds is 2. The topological polar surface area (TPSA) is 32.7 Å². The van der Waals surface area contributed by atoms with Gasteiger partial charge in [0.05, 0.1) is 18.3 Å². The molecule has 0 spiro atoms. The van der Waals surface area contributed by atoms with Crippen molar-refractivity contribution in [2.75, 3.05) is 19.7 Å². The van der Waals surface area contributed by atoms with Gasteiger partial charge in [-0.2, -0.15) is 13.2 Å². The molecular weight excluding hydrogens is 259 g/mol. The summed E-state index contributed by atoms with van der Waals surface area (Å²) in [6.07, 6.45) is -4.44. The summed E-state index contributed by atoms with van der Waals surface area (Å²) in [5.74, 6) is -0.730. The lowest BCUT2D eigenvalue weighted by Gasteiger charge is -2.31. The first-order chi connectivity index (χ1) is 8.86. The molecule has 19 heavy (non-hydrogen) atoms. The molecule has 1 aromatic carbocycles. The smallest absolute Gasteiger partial charge is 0.419 e. The standard InChI is InChI=1S/C13H16F3NO2/c1-9-7-17(4-5-19-9)8-10-2-3-12(18)11(6-10)13(14,15)16/h2-3,6,9,18H,4-5,7-8H2,1H3/t9-/m1/s1. The zero-order valence-corrected chi connectivity index (χ0v) is 10.6. The lowest BCUT2D eigenvalue weighted by Crippen LogP contribution is -2.40. The van der Waals surface area contributed by atoms with Crippen molar-refractivity contribution in [1.29, 1.82) is 0 Å². The van der Waals surface area contributed by atoms with Crippen LogP contribution in [0, 0.1) is 0 Å². The number of ether oxygens (including phenoxy) is 1. The van der Waals surface area contributed by atoms with Crippen molar-refractivity contribution in [3.05, 3.63) is 29.3 Å². The number of benzene rings is 1. The Bertz CT molecular complexity index is 448. The maximum atomic E-state index is 12.7. The predicted octanol–water partition coefficient (Wildman–Crippen LogP) is 2.63. The Morgan fingerprint density at radius 2 is 2.16 bits per heavy atom. The Balaban J connectivity index is 2.13. The lowest BCUT2D eigenvalue weighted by molar-refractivity contribution is -0.138. The Hall–Kier alpha value is -1.27. The summed E-state index contributed by atoms with van der Waals surface area (Å²) in [5, 5.41) is 9.26. The highest BCUT2D eigenvalue weighted by atomic mass is 19.4. The van der Waals surface area contributed by atoms with Gasteiger partial charge in [-0.3, -0.25) is 4.90 Å². The van der Waals surface area contributed by atoms with Crippen molar-refractivity contribution in [3.8, 4) is 5.75 Å². The molecule has 1 aliphatic rings. The van der Waals surface area contributed by atoms with E-state index in [1.165, 1.54) is 6.07 Å².